The smallest absolute Gasteiger partial charge is 0.419 e. The van der Waals surface area contributed by atoms with Crippen LogP contribution in [0.3, 0.4) is 0 Å². The van der Waals surface area contributed by atoms with Gasteiger partial charge in [0.1, 0.15) is 11.4 Å². The van der Waals surface area contributed by atoms with E-state index in [1.54, 1.807) is 11.7 Å². The maximum absolute atomic E-state index is 13.2. The first-order valence-electron chi connectivity index (χ1n) is 9.64. The predicted molar refractivity (Wildman–Crippen MR) is 122 cm³/mol. The number of carbonyl (C=O) groups excluding carboxylic acids is 1. The van der Waals surface area contributed by atoms with Gasteiger partial charge in [-0.05, 0) is 77.5 Å². The van der Waals surface area contributed by atoms with Crippen LogP contribution in [-0.4, -0.2) is 23.4 Å². The third-order valence-electron chi connectivity index (χ3n) is 4.68. The van der Waals surface area contributed by atoms with Gasteiger partial charge in [-0.25, -0.2) is 9.36 Å². The Balaban J connectivity index is 2.28. The molecule has 1 heterocycles. The molecule has 0 fully saturated rings. The molecule has 0 amide bonds. The first kappa shape index (κ1) is 21.4. The van der Waals surface area contributed by atoms with Crippen molar-refractivity contribution in [1.29, 1.82) is 0 Å². The lowest BCUT2D eigenvalue weighted by Crippen LogP contribution is -2.27. The van der Waals surface area contributed by atoms with Crippen LogP contribution < -0.4 is 4.74 Å². The summed E-state index contributed by atoms with van der Waals surface area (Å²) in [5.41, 5.74) is 3.14. The molecule has 0 aliphatic rings. The maximum Gasteiger partial charge on any atom is 0.419 e. The molecule has 0 aliphatic heterocycles. The largest absolute Gasteiger partial charge is 0.496 e. The van der Waals surface area contributed by atoms with E-state index in [0.29, 0.717) is 5.75 Å². The van der Waals surface area contributed by atoms with Gasteiger partial charge in [0.05, 0.1) is 22.8 Å². The number of methoxy groups -OCH3 is 1. The Bertz CT molecular complexity index is 1070. The summed E-state index contributed by atoms with van der Waals surface area (Å²) in [6.07, 6.45) is -0.402. The zero-order valence-corrected chi connectivity index (χ0v) is 19.7. The van der Waals surface area contributed by atoms with Crippen LogP contribution in [0.15, 0.2) is 46.9 Å². The van der Waals surface area contributed by atoms with Gasteiger partial charge >= 0.3 is 6.09 Å². The molecule has 0 N–H and O–H groups in total. The van der Waals surface area contributed by atoms with Crippen molar-refractivity contribution in [3.63, 3.8) is 0 Å². The van der Waals surface area contributed by atoms with Gasteiger partial charge in [0.2, 0.25) is 0 Å². The van der Waals surface area contributed by atoms with Gasteiger partial charge in [-0.1, -0.05) is 39.0 Å². The van der Waals surface area contributed by atoms with E-state index in [1.165, 1.54) is 5.56 Å². The Hall–Kier alpha value is -2.27. The summed E-state index contributed by atoms with van der Waals surface area (Å²) in [7, 11) is 1.63. The van der Waals surface area contributed by atoms with Crippen LogP contribution in [0.25, 0.3) is 22.2 Å². The fraction of sp³-hybridized carbons (Fsp3) is 0.375. The Morgan fingerprint density at radius 3 is 2.28 bits per heavy atom. The number of halogens is 1. The SMILES string of the molecule is COc1cc2cc(-c3cccc(C(C)(C)C)c3)n(C(=O)OC(C)(C)C)c2cc1Br. The Kier molecular flexibility index (Phi) is 5.56. The average molecular weight is 458 g/mol. The van der Waals surface area contributed by atoms with Crippen LogP contribution in [0.5, 0.6) is 5.75 Å². The summed E-state index contributed by atoms with van der Waals surface area (Å²) in [6, 6.07) is 14.1. The molecule has 154 valence electrons. The molecule has 0 bridgehead atoms. The zero-order chi connectivity index (χ0) is 21.6. The van der Waals surface area contributed by atoms with Gasteiger partial charge in [-0.3, -0.25) is 0 Å². The number of carbonyl (C=O) groups is 1. The second-order valence-corrected chi connectivity index (χ2v) is 10.1. The lowest BCUT2D eigenvalue weighted by atomic mass is 9.86. The van der Waals surface area contributed by atoms with E-state index in [-0.39, 0.29) is 5.41 Å². The highest BCUT2D eigenvalue weighted by molar-refractivity contribution is 9.10. The van der Waals surface area contributed by atoms with Crippen molar-refractivity contribution < 1.29 is 14.3 Å². The van der Waals surface area contributed by atoms with Crippen molar-refractivity contribution in [3.8, 4) is 17.0 Å². The van der Waals surface area contributed by atoms with Crippen molar-refractivity contribution in [2.75, 3.05) is 7.11 Å². The molecule has 5 heteroatoms. The normalized spacial score (nSPS) is 12.3. The molecule has 2 aromatic carbocycles. The fourth-order valence-electron chi connectivity index (χ4n) is 3.23. The van der Waals surface area contributed by atoms with E-state index in [9.17, 15) is 4.79 Å². The summed E-state index contributed by atoms with van der Waals surface area (Å²) in [6.45, 7) is 12.1. The number of hydrogen-bond acceptors (Lipinski definition) is 3. The average Bonchev–Trinajstić information content (AvgIpc) is 2.97. The Morgan fingerprint density at radius 1 is 1.00 bits per heavy atom. The van der Waals surface area contributed by atoms with E-state index in [0.717, 1.165) is 26.6 Å². The fourth-order valence-corrected chi connectivity index (χ4v) is 3.72. The second-order valence-electron chi connectivity index (χ2n) is 9.22. The van der Waals surface area contributed by atoms with Gasteiger partial charge in [-0.15, -0.1) is 0 Å². The first-order valence-corrected chi connectivity index (χ1v) is 10.4. The quantitative estimate of drug-likeness (QED) is 0.409. The summed E-state index contributed by atoms with van der Waals surface area (Å²) in [5, 5.41) is 0.909. The number of aromatic nitrogens is 1. The topological polar surface area (TPSA) is 40.5 Å². The lowest BCUT2D eigenvalue weighted by molar-refractivity contribution is 0.0547. The van der Waals surface area contributed by atoms with Crippen molar-refractivity contribution in [2.24, 2.45) is 0 Å². The number of ether oxygens (including phenoxy) is 2. The standard InChI is InChI=1S/C24H28BrNO3/c1-23(2,3)17-10-8-9-15(11-17)19-12-16-13-21(28-7)18(25)14-20(16)26(19)22(27)29-24(4,5)6/h8-14H,1-7H3. The number of fused-ring (bicyclic) bond motifs is 1. The van der Waals surface area contributed by atoms with E-state index in [2.05, 4.69) is 48.8 Å². The zero-order valence-electron chi connectivity index (χ0n) is 18.1. The van der Waals surface area contributed by atoms with E-state index in [1.807, 2.05) is 51.1 Å². The summed E-state index contributed by atoms with van der Waals surface area (Å²) >= 11 is 3.54. The first-order chi connectivity index (χ1) is 13.4. The van der Waals surface area contributed by atoms with Gasteiger partial charge in [0.15, 0.2) is 0 Å². The van der Waals surface area contributed by atoms with Crippen LogP contribution in [0.2, 0.25) is 0 Å². The highest BCUT2D eigenvalue weighted by Crippen LogP contribution is 2.36. The van der Waals surface area contributed by atoms with Crippen molar-refractivity contribution in [3.05, 3.63) is 52.5 Å². The van der Waals surface area contributed by atoms with E-state index >= 15 is 0 Å². The molecule has 1 aromatic heterocycles. The Labute approximate surface area is 180 Å². The van der Waals surface area contributed by atoms with E-state index in [4.69, 9.17) is 9.47 Å². The Morgan fingerprint density at radius 2 is 1.69 bits per heavy atom. The highest BCUT2D eigenvalue weighted by atomic mass is 79.9. The summed E-state index contributed by atoms with van der Waals surface area (Å²) < 4.78 is 13.6. The molecule has 0 radical (unpaired) electrons. The molecular formula is C24H28BrNO3. The minimum Gasteiger partial charge on any atom is -0.496 e. The molecule has 0 spiro atoms. The molecule has 4 nitrogen and oxygen atoms in total. The minimum atomic E-state index is -0.595. The monoisotopic (exact) mass is 457 g/mol. The highest BCUT2D eigenvalue weighted by Gasteiger charge is 2.24. The molecule has 0 atom stereocenters. The van der Waals surface area contributed by atoms with Crippen LogP contribution in [-0.2, 0) is 10.2 Å². The van der Waals surface area contributed by atoms with Gasteiger partial charge in [-0.2, -0.15) is 0 Å². The van der Waals surface area contributed by atoms with Crippen LogP contribution >= 0.6 is 15.9 Å². The third kappa shape index (κ3) is 4.50. The number of nitrogens with zero attached hydrogens (tertiary/aromatic N) is 1. The summed E-state index contributed by atoms with van der Waals surface area (Å²) in [5.74, 6) is 0.717. The molecular weight excluding hydrogens is 430 g/mol. The molecule has 29 heavy (non-hydrogen) atoms. The minimum absolute atomic E-state index is 0.00498. The van der Waals surface area contributed by atoms with Gasteiger partial charge < -0.3 is 9.47 Å². The lowest BCUT2D eigenvalue weighted by Gasteiger charge is -2.22. The molecule has 0 saturated heterocycles. The second kappa shape index (κ2) is 7.52. The molecule has 0 saturated carbocycles. The molecule has 3 aromatic rings. The van der Waals surface area contributed by atoms with Crippen LogP contribution in [0.1, 0.15) is 47.1 Å². The summed E-state index contributed by atoms with van der Waals surface area (Å²) in [4.78, 5) is 13.2. The molecule has 3 rings (SSSR count). The number of hydrogen-bond donors (Lipinski definition) is 0. The van der Waals surface area contributed by atoms with Crippen LogP contribution in [0.4, 0.5) is 4.79 Å². The van der Waals surface area contributed by atoms with Crippen molar-refractivity contribution in [2.45, 2.75) is 52.6 Å². The third-order valence-corrected chi connectivity index (χ3v) is 5.30. The predicted octanol–water partition coefficient (Wildman–Crippen LogP) is 7.16. The molecule has 0 unspecified atom stereocenters. The van der Waals surface area contributed by atoms with Crippen LogP contribution in [0, 0.1) is 0 Å². The van der Waals surface area contributed by atoms with Gasteiger partial charge in [0, 0.05) is 5.39 Å². The van der Waals surface area contributed by atoms with Gasteiger partial charge in [0.25, 0.3) is 0 Å². The van der Waals surface area contributed by atoms with Crippen molar-refractivity contribution in [1.82, 2.24) is 4.57 Å². The molecule has 0 aliphatic carbocycles. The number of benzene rings is 2. The van der Waals surface area contributed by atoms with E-state index < -0.39 is 11.7 Å². The number of rotatable bonds is 2. The maximum atomic E-state index is 13.2. The van der Waals surface area contributed by atoms with Crippen molar-refractivity contribution >= 4 is 32.9 Å².